The number of rotatable bonds is 6. The Labute approximate surface area is 166 Å². The summed E-state index contributed by atoms with van der Waals surface area (Å²) in [5.74, 6) is 0.907. The van der Waals surface area contributed by atoms with E-state index in [4.69, 9.17) is 28.2 Å². The molecule has 0 saturated carbocycles. The first-order valence-corrected chi connectivity index (χ1v) is 10.1. The maximum atomic E-state index is 6.27. The van der Waals surface area contributed by atoms with Crippen molar-refractivity contribution in [2.24, 2.45) is 0 Å². The lowest BCUT2D eigenvalue weighted by atomic mass is 10.2. The highest BCUT2D eigenvalue weighted by atomic mass is 35.5. The van der Waals surface area contributed by atoms with E-state index in [2.05, 4.69) is 15.1 Å². The third-order valence-electron chi connectivity index (χ3n) is 4.71. The van der Waals surface area contributed by atoms with Gasteiger partial charge >= 0.3 is 0 Å². The molecule has 1 aliphatic heterocycles. The van der Waals surface area contributed by atoms with Gasteiger partial charge in [0.1, 0.15) is 5.76 Å². The quantitative estimate of drug-likeness (QED) is 0.700. The van der Waals surface area contributed by atoms with Crippen molar-refractivity contribution in [1.29, 1.82) is 0 Å². The summed E-state index contributed by atoms with van der Waals surface area (Å²) in [5, 5.41) is 4.63. The number of thiocarbonyl (C=S) groups is 1. The number of benzene rings is 1. The Morgan fingerprint density at radius 1 is 1.12 bits per heavy atom. The Morgan fingerprint density at radius 3 is 2.58 bits per heavy atom. The molecule has 0 bridgehead atoms. The van der Waals surface area contributed by atoms with Crippen molar-refractivity contribution in [1.82, 2.24) is 9.80 Å². The highest BCUT2D eigenvalue weighted by Gasteiger charge is 2.16. The van der Waals surface area contributed by atoms with E-state index in [1.807, 2.05) is 36.4 Å². The zero-order chi connectivity index (χ0) is 18.2. The molecule has 1 aromatic carbocycles. The van der Waals surface area contributed by atoms with Gasteiger partial charge in [0, 0.05) is 13.1 Å². The van der Waals surface area contributed by atoms with Gasteiger partial charge in [-0.1, -0.05) is 36.6 Å². The predicted molar refractivity (Wildman–Crippen MR) is 112 cm³/mol. The zero-order valence-electron chi connectivity index (χ0n) is 15.0. The second-order valence-corrected chi connectivity index (χ2v) is 7.46. The van der Waals surface area contributed by atoms with Gasteiger partial charge in [-0.05, 0) is 62.4 Å². The van der Waals surface area contributed by atoms with Gasteiger partial charge in [0.2, 0.25) is 0 Å². The zero-order valence-corrected chi connectivity index (χ0v) is 16.6. The summed E-state index contributed by atoms with van der Waals surface area (Å²) in [6, 6.07) is 11.6. The van der Waals surface area contributed by atoms with Crippen LogP contribution in [0.3, 0.4) is 0 Å². The van der Waals surface area contributed by atoms with Crippen molar-refractivity contribution in [3.63, 3.8) is 0 Å². The Balaban J connectivity index is 1.63. The van der Waals surface area contributed by atoms with Gasteiger partial charge < -0.3 is 19.5 Å². The van der Waals surface area contributed by atoms with Gasteiger partial charge in [0.05, 0.1) is 23.5 Å². The molecule has 1 N–H and O–H groups in total. The number of furan rings is 1. The van der Waals surface area contributed by atoms with E-state index in [9.17, 15) is 0 Å². The van der Waals surface area contributed by atoms with Crippen LogP contribution in [-0.4, -0.2) is 41.1 Å². The molecule has 2 heterocycles. The van der Waals surface area contributed by atoms with Crippen molar-refractivity contribution in [3.05, 3.63) is 53.4 Å². The number of hydrogen-bond acceptors (Lipinski definition) is 3. The van der Waals surface area contributed by atoms with Crippen molar-refractivity contribution in [2.45, 2.75) is 32.2 Å². The Kier molecular flexibility index (Phi) is 7.35. The molecular formula is C20H26ClN3OS. The summed E-state index contributed by atoms with van der Waals surface area (Å²) in [5.41, 5.74) is 0.832. The molecule has 6 heteroatoms. The summed E-state index contributed by atoms with van der Waals surface area (Å²) in [6.45, 7) is 4.87. The fourth-order valence-electron chi connectivity index (χ4n) is 3.22. The molecule has 3 rings (SSSR count). The first-order valence-electron chi connectivity index (χ1n) is 9.27. The minimum absolute atomic E-state index is 0.650. The van der Waals surface area contributed by atoms with Crippen molar-refractivity contribution >= 4 is 34.6 Å². The highest BCUT2D eigenvalue weighted by molar-refractivity contribution is 7.80. The Hall–Kier alpha value is -1.56. The fourth-order valence-corrected chi connectivity index (χ4v) is 3.67. The minimum Gasteiger partial charge on any atom is -0.467 e. The molecular weight excluding hydrogens is 366 g/mol. The number of nitrogens with zero attached hydrogens (tertiary/aromatic N) is 2. The smallest absolute Gasteiger partial charge is 0.173 e. The van der Waals surface area contributed by atoms with Gasteiger partial charge in [-0.2, -0.15) is 0 Å². The van der Waals surface area contributed by atoms with E-state index in [-0.39, 0.29) is 0 Å². The molecule has 0 spiro atoms. The SMILES string of the molecule is S=C(Nc1ccccc1Cl)N(CCN1CCCCCC1)Cc1ccco1. The minimum atomic E-state index is 0.650. The number of nitrogens with one attached hydrogen (secondary N) is 1. The van der Waals surface area contributed by atoms with E-state index >= 15 is 0 Å². The molecule has 4 nitrogen and oxygen atoms in total. The molecule has 1 saturated heterocycles. The molecule has 1 fully saturated rings. The van der Waals surface area contributed by atoms with Gasteiger partial charge in [-0.3, -0.25) is 0 Å². The largest absolute Gasteiger partial charge is 0.467 e. The van der Waals surface area contributed by atoms with E-state index in [0.29, 0.717) is 16.7 Å². The molecule has 0 aliphatic carbocycles. The van der Waals surface area contributed by atoms with Crippen LogP contribution in [0, 0.1) is 0 Å². The van der Waals surface area contributed by atoms with Crippen LogP contribution < -0.4 is 5.32 Å². The van der Waals surface area contributed by atoms with Crippen LogP contribution in [0.4, 0.5) is 5.69 Å². The lowest BCUT2D eigenvalue weighted by Gasteiger charge is -2.28. The molecule has 26 heavy (non-hydrogen) atoms. The standard InChI is InChI=1S/C20H26ClN3OS/c21-18-9-3-4-10-19(18)22-20(26)24(16-17-8-7-15-25-17)14-13-23-11-5-1-2-6-12-23/h3-4,7-10,15H,1-2,5-6,11-14,16H2,(H,22,26). The molecule has 0 unspecified atom stereocenters. The Morgan fingerprint density at radius 2 is 1.88 bits per heavy atom. The normalized spacial score (nSPS) is 15.4. The number of para-hydroxylation sites is 1. The van der Waals surface area contributed by atoms with Crippen molar-refractivity contribution in [2.75, 3.05) is 31.5 Å². The predicted octanol–water partition coefficient (Wildman–Crippen LogP) is 5.01. The summed E-state index contributed by atoms with van der Waals surface area (Å²) in [7, 11) is 0. The van der Waals surface area contributed by atoms with Crippen molar-refractivity contribution in [3.8, 4) is 0 Å². The van der Waals surface area contributed by atoms with E-state index in [1.54, 1.807) is 6.26 Å². The average molecular weight is 392 g/mol. The molecule has 1 aliphatic rings. The van der Waals surface area contributed by atoms with E-state index < -0.39 is 0 Å². The molecule has 2 aromatic rings. The second kappa shape index (κ2) is 9.95. The van der Waals surface area contributed by atoms with Gasteiger partial charge in [0.15, 0.2) is 5.11 Å². The molecule has 0 atom stereocenters. The number of likely N-dealkylation sites (tertiary alicyclic amines) is 1. The maximum absolute atomic E-state index is 6.27. The molecule has 140 valence electrons. The molecule has 0 radical (unpaired) electrons. The van der Waals surface area contributed by atoms with Gasteiger partial charge in [0.25, 0.3) is 0 Å². The van der Waals surface area contributed by atoms with Crippen LogP contribution >= 0.6 is 23.8 Å². The highest BCUT2D eigenvalue weighted by Crippen LogP contribution is 2.21. The van der Waals surface area contributed by atoms with Crippen LogP contribution in [-0.2, 0) is 6.54 Å². The van der Waals surface area contributed by atoms with Crippen LogP contribution in [0.2, 0.25) is 5.02 Å². The first kappa shape index (κ1) is 19.2. The van der Waals surface area contributed by atoms with E-state index in [1.165, 1.54) is 38.8 Å². The lowest BCUT2D eigenvalue weighted by Crippen LogP contribution is -2.40. The first-order chi connectivity index (χ1) is 12.7. The summed E-state index contributed by atoms with van der Waals surface area (Å²) >= 11 is 11.9. The monoisotopic (exact) mass is 391 g/mol. The number of hydrogen-bond donors (Lipinski definition) is 1. The van der Waals surface area contributed by atoms with Crippen LogP contribution in [0.15, 0.2) is 47.1 Å². The third-order valence-corrected chi connectivity index (χ3v) is 5.40. The summed E-state index contributed by atoms with van der Waals surface area (Å²) in [6.07, 6.45) is 6.98. The van der Waals surface area contributed by atoms with Crippen LogP contribution in [0.1, 0.15) is 31.4 Å². The van der Waals surface area contributed by atoms with Gasteiger partial charge in [-0.15, -0.1) is 0 Å². The second-order valence-electron chi connectivity index (χ2n) is 6.67. The summed E-state index contributed by atoms with van der Waals surface area (Å²) < 4.78 is 5.53. The maximum Gasteiger partial charge on any atom is 0.173 e. The average Bonchev–Trinajstić information content (AvgIpc) is 3.02. The number of halogens is 1. The van der Waals surface area contributed by atoms with Gasteiger partial charge in [-0.25, -0.2) is 0 Å². The van der Waals surface area contributed by atoms with Crippen molar-refractivity contribution < 1.29 is 4.42 Å². The molecule has 0 amide bonds. The van der Waals surface area contributed by atoms with Crippen LogP contribution in [0.5, 0.6) is 0 Å². The fraction of sp³-hybridized carbons (Fsp3) is 0.450. The lowest BCUT2D eigenvalue weighted by molar-refractivity contribution is 0.247. The topological polar surface area (TPSA) is 31.6 Å². The van der Waals surface area contributed by atoms with E-state index in [0.717, 1.165) is 24.5 Å². The number of anilines is 1. The van der Waals surface area contributed by atoms with Crippen LogP contribution in [0.25, 0.3) is 0 Å². The summed E-state index contributed by atoms with van der Waals surface area (Å²) in [4.78, 5) is 4.70. The third kappa shape index (κ3) is 5.73. The molecule has 1 aromatic heterocycles. The Bertz CT molecular complexity index is 684.